The van der Waals surface area contributed by atoms with Crippen LogP contribution in [0.4, 0.5) is 17.6 Å². The van der Waals surface area contributed by atoms with Gasteiger partial charge in [-0.1, -0.05) is 59.7 Å². The lowest BCUT2D eigenvalue weighted by Gasteiger charge is -2.31. The molecule has 1 aliphatic rings. The number of nitrogens with zero attached hydrogens (tertiary/aromatic N) is 4. The number of amides is 1. The van der Waals surface area contributed by atoms with Crippen LogP contribution in [0, 0.1) is 5.82 Å². The lowest BCUT2D eigenvalue weighted by atomic mass is 9.81. The zero-order valence-corrected chi connectivity index (χ0v) is 26.0. The number of benzene rings is 4. The number of carbonyl (C=O) groups is 1. The highest BCUT2D eigenvalue weighted by Gasteiger charge is 2.53. The third-order valence-corrected chi connectivity index (χ3v) is 7.79. The molecular weight excluding hydrogens is 644 g/mol. The van der Waals surface area contributed by atoms with E-state index in [-0.39, 0.29) is 37.6 Å². The Morgan fingerprint density at radius 1 is 1.02 bits per heavy atom. The fourth-order valence-electron chi connectivity index (χ4n) is 5.44. The van der Waals surface area contributed by atoms with Gasteiger partial charge in [0.1, 0.15) is 11.6 Å². The molecule has 254 valence electrons. The topological polar surface area (TPSA) is 141 Å². The SMILES string of the molecule is [N-]=[N+]=NCc1ccccc1C[C@]1(C(=O)NNCc2cc(F)cc(C(F)(F)F)c2)N=C(c2ccc(OCCCO)cc2)O[C@H]1c1ccccc1. The number of hydrazine groups is 1. The van der Waals surface area contributed by atoms with E-state index >= 15 is 0 Å². The Morgan fingerprint density at radius 2 is 1.73 bits per heavy atom. The number of rotatable bonds is 14. The number of ether oxygens (including phenoxy) is 2. The molecule has 0 aliphatic carbocycles. The van der Waals surface area contributed by atoms with Crippen molar-refractivity contribution < 1.29 is 36.9 Å². The Morgan fingerprint density at radius 3 is 2.43 bits per heavy atom. The van der Waals surface area contributed by atoms with Crippen LogP contribution in [0.15, 0.2) is 107 Å². The second-order valence-electron chi connectivity index (χ2n) is 11.2. The van der Waals surface area contributed by atoms with E-state index in [0.717, 1.165) is 12.1 Å². The van der Waals surface area contributed by atoms with Crippen molar-refractivity contribution in [3.05, 3.63) is 147 Å². The van der Waals surface area contributed by atoms with Crippen LogP contribution < -0.4 is 15.6 Å². The van der Waals surface area contributed by atoms with Gasteiger partial charge in [0.05, 0.1) is 18.7 Å². The summed E-state index contributed by atoms with van der Waals surface area (Å²) in [4.78, 5) is 22.2. The monoisotopic (exact) mass is 676 g/mol. The molecule has 10 nitrogen and oxygen atoms in total. The lowest BCUT2D eigenvalue weighted by molar-refractivity contribution is -0.138. The highest BCUT2D eigenvalue weighted by atomic mass is 19.4. The average Bonchev–Trinajstić information content (AvgIpc) is 3.48. The first-order valence-electron chi connectivity index (χ1n) is 15.3. The van der Waals surface area contributed by atoms with Crippen molar-refractivity contribution >= 4 is 11.8 Å². The van der Waals surface area contributed by atoms with Crippen LogP contribution in [0.5, 0.6) is 5.75 Å². The van der Waals surface area contributed by atoms with Gasteiger partial charge in [0, 0.05) is 36.5 Å². The molecule has 4 aromatic carbocycles. The molecule has 0 saturated carbocycles. The molecule has 0 bridgehead atoms. The second-order valence-corrected chi connectivity index (χ2v) is 11.2. The number of halogens is 4. The van der Waals surface area contributed by atoms with E-state index in [0.29, 0.717) is 47.1 Å². The van der Waals surface area contributed by atoms with Gasteiger partial charge < -0.3 is 14.6 Å². The normalized spacial score (nSPS) is 17.1. The first-order valence-corrected chi connectivity index (χ1v) is 15.3. The van der Waals surface area contributed by atoms with Gasteiger partial charge in [-0.15, -0.1) is 0 Å². The Bertz CT molecular complexity index is 1830. The van der Waals surface area contributed by atoms with Crippen LogP contribution in [0.3, 0.4) is 0 Å². The number of aliphatic imine (C=N–C) groups is 1. The van der Waals surface area contributed by atoms with Crippen molar-refractivity contribution in [2.75, 3.05) is 13.2 Å². The molecule has 1 amide bonds. The van der Waals surface area contributed by atoms with Crippen molar-refractivity contribution in [2.24, 2.45) is 10.1 Å². The van der Waals surface area contributed by atoms with Crippen molar-refractivity contribution in [2.45, 2.75) is 43.8 Å². The maximum Gasteiger partial charge on any atom is 0.416 e. The summed E-state index contributed by atoms with van der Waals surface area (Å²) < 4.78 is 66.1. The highest BCUT2D eigenvalue weighted by Crippen LogP contribution is 2.43. The molecule has 4 aromatic rings. The first kappa shape index (κ1) is 34.9. The van der Waals surface area contributed by atoms with E-state index in [9.17, 15) is 22.4 Å². The standard InChI is InChI=1S/C35H32F4N6O4/c36-29-18-23(17-28(19-29)35(37,38)39)21-41-44-33(47)34(20-26-9-4-5-10-27(26)22-42-45-40)31(24-7-2-1-3-8-24)49-32(43-34)25-11-13-30(14-12-25)48-16-6-15-46/h1-5,7-14,17-19,31,41,46H,6,15-16,20-22H2,(H,44,47)/t31-,34-/m0/s1. The number of carbonyl (C=O) groups excluding carboxylic acids is 1. The van der Waals surface area contributed by atoms with Crippen molar-refractivity contribution in [3.8, 4) is 5.75 Å². The van der Waals surface area contributed by atoms with Gasteiger partial charge in [-0.2, -0.15) is 13.2 Å². The maximum absolute atomic E-state index is 14.4. The summed E-state index contributed by atoms with van der Waals surface area (Å²) in [5.41, 5.74) is 13.8. The molecule has 1 aliphatic heterocycles. The Balaban J connectivity index is 1.53. The van der Waals surface area contributed by atoms with Gasteiger partial charge in [-0.3, -0.25) is 10.2 Å². The smallest absolute Gasteiger partial charge is 0.416 e. The van der Waals surface area contributed by atoms with Crippen molar-refractivity contribution in [1.29, 1.82) is 0 Å². The van der Waals surface area contributed by atoms with Gasteiger partial charge in [-0.05, 0) is 70.2 Å². The van der Waals surface area contributed by atoms with Gasteiger partial charge in [0.2, 0.25) is 5.90 Å². The van der Waals surface area contributed by atoms with Crippen LogP contribution in [-0.2, 0) is 35.2 Å². The van der Waals surface area contributed by atoms with Crippen LogP contribution in [0.25, 0.3) is 10.4 Å². The summed E-state index contributed by atoms with van der Waals surface area (Å²) in [6.45, 7) is -0.0102. The van der Waals surface area contributed by atoms with E-state index < -0.39 is 35.1 Å². The fraction of sp³-hybridized carbons (Fsp3) is 0.257. The highest BCUT2D eigenvalue weighted by molar-refractivity contribution is 6.01. The summed E-state index contributed by atoms with van der Waals surface area (Å²) in [5, 5.41) is 12.7. The van der Waals surface area contributed by atoms with Gasteiger partial charge in [0.15, 0.2) is 11.6 Å². The van der Waals surface area contributed by atoms with Gasteiger partial charge in [-0.25, -0.2) is 14.8 Å². The molecule has 2 atom stereocenters. The second kappa shape index (κ2) is 15.6. The van der Waals surface area contributed by atoms with Crippen LogP contribution in [0.2, 0.25) is 0 Å². The Kier molecular flexibility index (Phi) is 11.1. The third kappa shape index (κ3) is 8.54. The van der Waals surface area contributed by atoms with Crippen LogP contribution in [0.1, 0.15) is 45.9 Å². The van der Waals surface area contributed by atoms with E-state index in [4.69, 9.17) is 25.1 Å². The van der Waals surface area contributed by atoms with Gasteiger partial charge in [0.25, 0.3) is 5.91 Å². The predicted molar refractivity (Wildman–Crippen MR) is 173 cm³/mol. The minimum absolute atomic E-state index is 0.00850. The average molecular weight is 677 g/mol. The molecule has 0 saturated heterocycles. The molecule has 1 heterocycles. The fourth-order valence-corrected chi connectivity index (χ4v) is 5.44. The third-order valence-electron chi connectivity index (χ3n) is 7.79. The largest absolute Gasteiger partial charge is 0.494 e. The zero-order chi connectivity index (χ0) is 34.9. The molecule has 0 unspecified atom stereocenters. The summed E-state index contributed by atoms with van der Waals surface area (Å²) in [6.07, 6.45) is -5.30. The minimum atomic E-state index is -4.76. The van der Waals surface area contributed by atoms with Crippen molar-refractivity contribution in [3.63, 3.8) is 0 Å². The van der Waals surface area contributed by atoms with Crippen molar-refractivity contribution in [1.82, 2.24) is 10.9 Å². The van der Waals surface area contributed by atoms with Crippen LogP contribution >= 0.6 is 0 Å². The molecule has 49 heavy (non-hydrogen) atoms. The van der Waals surface area contributed by atoms with E-state index in [1.165, 1.54) is 0 Å². The van der Waals surface area contributed by atoms with E-state index in [1.807, 2.05) is 6.07 Å². The molecule has 0 radical (unpaired) electrons. The number of nitrogens with one attached hydrogen (secondary N) is 2. The van der Waals surface area contributed by atoms with E-state index in [1.54, 1.807) is 72.8 Å². The summed E-state index contributed by atoms with van der Waals surface area (Å²) in [7, 11) is 0. The molecule has 0 aromatic heterocycles. The molecular formula is C35H32F4N6O4. The molecule has 14 heteroatoms. The summed E-state index contributed by atoms with van der Waals surface area (Å²) >= 11 is 0. The van der Waals surface area contributed by atoms with E-state index in [2.05, 4.69) is 20.9 Å². The molecule has 0 fully saturated rings. The number of hydrogen-bond acceptors (Lipinski definition) is 7. The predicted octanol–water partition coefficient (Wildman–Crippen LogP) is 6.74. The summed E-state index contributed by atoms with van der Waals surface area (Å²) in [5.74, 6) is -1.04. The quantitative estimate of drug-likeness (QED) is 0.0339. The molecule has 0 spiro atoms. The number of azide groups is 1. The minimum Gasteiger partial charge on any atom is -0.494 e. The Labute approximate surface area is 279 Å². The number of aliphatic hydroxyl groups excluding tert-OH is 1. The van der Waals surface area contributed by atoms with Crippen LogP contribution in [-0.4, -0.2) is 35.7 Å². The lowest BCUT2D eigenvalue weighted by Crippen LogP contribution is -2.53. The van der Waals surface area contributed by atoms with Gasteiger partial charge >= 0.3 is 6.18 Å². The Hall–Kier alpha value is -5.43. The first-order chi connectivity index (χ1) is 23.6. The number of aliphatic hydroxyl groups is 1. The number of hydrogen-bond donors (Lipinski definition) is 3. The summed E-state index contributed by atoms with van der Waals surface area (Å²) in [6, 6.07) is 25.0. The maximum atomic E-state index is 14.4. The molecule has 3 N–H and O–H groups in total. The number of alkyl halides is 3. The zero-order valence-electron chi connectivity index (χ0n) is 26.0. The molecule has 5 rings (SSSR count).